The van der Waals surface area contributed by atoms with Crippen LogP contribution < -0.4 is 9.47 Å². The van der Waals surface area contributed by atoms with Crippen molar-refractivity contribution in [1.82, 2.24) is 9.80 Å². The maximum absolute atomic E-state index is 12.8. The smallest absolute Gasteiger partial charge is 0.223 e. The first-order chi connectivity index (χ1) is 17.2. The van der Waals surface area contributed by atoms with E-state index < -0.39 is 0 Å². The van der Waals surface area contributed by atoms with Crippen molar-refractivity contribution in [2.45, 2.75) is 51.6 Å². The van der Waals surface area contributed by atoms with Crippen LogP contribution in [0, 0.1) is 0 Å². The van der Waals surface area contributed by atoms with Gasteiger partial charge in [0, 0.05) is 48.1 Å². The molecule has 0 bridgehead atoms. The van der Waals surface area contributed by atoms with Gasteiger partial charge in [-0.15, -0.1) is 0 Å². The molecule has 1 aliphatic heterocycles. The molecule has 2 aromatic rings. The van der Waals surface area contributed by atoms with Gasteiger partial charge in [0.05, 0.1) is 23.3 Å². The summed E-state index contributed by atoms with van der Waals surface area (Å²) in [6, 6.07) is 9.96. The molecule has 10 heteroatoms. The third-order valence-electron chi connectivity index (χ3n) is 6.00. The molecule has 2 aromatic carbocycles. The Hall–Kier alpha value is -1.86. The molecule has 3 rings (SSSR count). The van der Waals surface area contributed by atoms with Crippen molar-refractivity contribution in [3.05, 3.63) is 56.5 Å². The highest BCUT2D eigenvalue weighted by atomic mass is 35.5. The van der Waals surface area contributed by atoms with E-state index >= 15 is 0 Å². The fraction of sp³-hybridized carbons (Fsp3) is 0.462. The lowest BCUT2D eigenvalue weighted by Crippen LogP contribution is -2.59. The van der Waals surface area contributed by atoms with Crippen molar-refractivity contribution >= 4 is 58.2 Å². The van der Waals surface area contributed by atoms with E-state index in [1.807, 2.05) is 23.6 Å². The Kier molecular flexibility index (Phi) is 10.9. The Labute approximate surface area is 232 Å². The zero-order valence-corrected chi connectivity index (χ0v) is 23.3. The maximum atomic E-state index is 12.8. The van der Waals surface area contributed by atoms with Gasteiger partial charge < -0.3 is 19.3 Å². The van der Waals surface area contributed by atoms with Gasteiger partial charge in [0.2, 0.25) is 11.8 Å². The number of nitrogens with zero attached hydrogens (tertiary/aromatic N) is 2. The summed E-state index contributed by atoms with van der Waals surface area (Å²) in [5.74, 6) is 1.20. The van der Waals surface area contributed by atoms with Crippen LogP contribution in [0.5, 0.6) is 11.5 Å². The zero-order chi connectivity index (χ0) is 26.2. The predicted octanol–water partition coefficient (Wildman–Crippen LogP) is 6.77. The average molecular weight is 576 g/mol. The Balaban J connectivity index is 1.39. The highest BCUT2D eigenvalue weighted by molar-refractivity contribution is 6.36. The van der Waals surface area contributed by atoms with E-state index in [1.54, 1.807) is 36.4 Å². The van der Waals surface area contributed by atoms with Crippen LogP contribution in [0.3, 0.4) is 0 Å². The molecular formula is C26H30Cl4N2O4. The minimum absolute atomic E-state index is 0.0560. The first kappa shape index (κ1) is 28.7. The molecule has 196 valence electrons. The van der Waals surface area contributed by atoms with Gasteiger partial charge in [-0.05, 0) is 63.1 Å². The number of benzene rings is 2. The van der Waals surface area contributed by atoms with Gasteiger partial charge in [0.1, 0.15) is 11.5 Å². The van der Waals surface area contributed by atoms with Crippen LogP contribution in [0.25, 0.3) is 0 Å². The summed E-state index contributed by atoms with van der Waals surface area (Å²) >= 11 is 24.0. The number of hydrogen-bond acceptors (Lipinski definition) is 4. The van der Waals surface area contributed by atoms with Gasteiger partial charge in [0.25, 0.3) is 0 Å². The van der Waals surface area contributed by atoms with E-state index in [1.165, 1.54) is 0 Å². The van der Waals surface area contributed by atoms with Crippen molar-refractivity contribution in [2.24, 2.45) is 0 Å². The summed E-state index contributed by atoms with van der Waals surface area (Å²) < 4.78 is 11.4. The Bertz CT molecular complexity index is 985. The standard InChI is InChI=1S/C26H30Cl4N2O4/c1-17-15-32(26(34)6-4-12-36-24-10-8-20(28)14-22(24)30)18(2)16-31(17)25(33)5-3-11-35-23-9-7-19(27)13-21(23)29/h7-10,13-14,17-18H,3-6,11-12,15-16H2,1-2H3. The van der Waals surface area contributed by atoms with Crippen molar-refractivity contribution in [2.75, 3.05) is 26.3 Å². The predicted molar refractivity (Wildman–Crippen MR) is 145 cm³/mol. The molecule has 6 nitrogen and oxygen atoms in total. The van der Waals surface area contributed by atoms with Crippen LogP contribution in [0.15, 0.2) is 36.4 Å². The lowest BCUT2D eigenvalue weighted by atomic mass is 10.1. The Morgan fingerprint density at radius 2 is 1.14 bits per heavy atom. The Morgan fingerprint density at radius 3 is 1.50 bits per heavy atom. The number of hydrogen-bond donors (Lipinski definition) is 0. The summed E-state index contributed by atoms with van der Waals surface area (Å²) in [6.45, 7) is 5.70. The van der Waals surface area contributed by atoms with Gasteiger partial charge in [-0.2, -0.15) is 0 Å². The normalized spacial score (nSPS) is 17.7. The van der Waals surface area contributed by atoms with Crippen LogP contribution in [0.2, 0.25) is 20.1 Å². The SMILES string of the molecule is CC1CN(C(=O)CCCOc2ccc(Cl)cc2Cl)C(C)CN1C(=O)CCCOc1ccc(Cl)cc1Cl. The van der Waals surface area contributed by atoms with Crippen molar-refractivity contribution < 1.29 is 19.1 Å². The molecule has 2 amide bonds. The van der Waals surface area contributed by atoms with E-state index in [4.69, 9.17) is 55.9 Å². The highest BCUT2D eigenvalue weighted by Crippen LogP contribution is 2.29. The van der Waals surface area contributed by atoms with E-state index in [0.717, 1.165) is 0 Å². The molecule has 0 spiro atoms. The number of ether oxygens (including phenoxy) is 2. The second kappa shape index (κ2) is 13.6. The number of halogens is 4. The van der Waals surface area contributed by atoms with Crippen LogP contribution in [0.1, 0.15) is 39.5 Å². The quantitative estimate of drug-likeness (QED) is 0.293. The number of amides is 2. The fourth-order valence-electron chi connectivity index (χ4n) is 4.10. The third-order valence-corrected chi connectivity index (χ3v) is 7.06. The summed E-state index contributed by atoms with van der Waals surface area (Å²) in [5.41, 5.74) is 0. The lowest BCUT2D eigenvalue weighted by Gasteiger charge is -2.44. The molecule has 1 fully saturated rings. The lowest BCUT2D eigenvalue weighted by molar-refractivity contribution is -0.146. The van der Waals surface area contributed by atoms with Gasteiger partial charge in [-0.3, -0.25) is 9.59 Å². The molecule has 0 N–H and O–H groups in total. The highest BCUT2D eigenvalue weighted by Gasteiger charge is 2.33. The summed E-state index contributed by atoms with van der Waals surface area (Å²) in [5, 5.41) is 1.97. The molecule has 0 saturated carbocycles. The van der Waals surface area contributed by atoms with E-state index in [0.29, 0.717) is 83.6 Å². The van der Waals surface area contributed by atoms with Crippen molar-refractivity contribution in [1.29, 1.82) is 0 Å². The fourth-order valence-corrected chi connectivity index (χ4v) is 5.03. The molecule has 1 aliphatic rings. The summed E-state index contributed by atoms with van der Waals surface area (Å²) in [7, 11) is 0. The molecule has 0 radical (unpaired) electrons. The minimum Gasteiger partial charge on any atom is -0.492 e. The van der Waals surface area contributed by atoms with E-state index in [-0.39, 0.29) is 23.9 Å². The third kappa shape index (κ3) is 8.07. The van der Waals surface area contributed by atoms with E-state index in [9.17, 15) is 9.59 Å². The molecule has 0 aromatic heterocycles. The van der Waals surface area contributed by atoms with Gasteiger partial charge >= 0.3 is 0 Å². The molecule has 1 saturated heterocycles. The first-order valence-electron chi connectivity index (χ1n) is 11.9. The average Bonchev–Trinajstić information content (AvgIpc) is 2.82. The number of carbonyl (C=O) groups is 2. The van der Waals surface area contributed by atoms with Gasteiger partial charge in [-0.1, -0.05) is 46.4 Å². The van der Waals surface area contributed by atoms with Gasteiger partial charge in [0.15, 0.2) is 0 Å². The largest absolute Gasteiger partial charge is 0.492 e. The van der Waals surface area contributed by atoms with E-state index in [2.05, 4.69) is 0 Å². The second-order valence-electron chi connectivity index (χ2n) is 8.84. The van der Waals surface area contributed by atoms with Crippen LogP contribution in [-0.4, -0.2) is 60.0 Å². The maximum Gasteiger partial charge on any atom is 0.223 e. The van der Waals surface area contributed by atoms with Gasteiger partial charge in [-0.25, -0.2) is 0 Å². The van der Waals surface area contributed by atoms with Crippen molar-refractivity contribution in [3.8, 4) is 11.5 Å². The molecule has 2 unspecified atom stereocenters. The second-order valence-corrected chi connectivity index (χ2v) is 10.5. The van der Waals surface area contributed by atoms with Crippen LogP contribution in [0.4, 0.5) is 0 Å². The zero-order valence-electron chi connectivity index (χ0n) is 20.3. The summed E-state index contributed by atoms with van der Waals surface area (Å²) in [6.07, 6.45) is 1.85. The molecule has 2 atom stereocenters. The minimum atomic E-state index is -0.0617. The number of rotatable bonds is 10. The monoisotopic (exact) mass is 574 g/mol. The molecular weight excluding hydrogens is 546 g/mol. The number of carbonyl (C=O) groups excluding carboxylic acids is 2. The Morgan fingerprint density at radius 1 is 0.750 bits per heavy atom. The van der Waals surface area contributed by atoms with Crippen LogP contribution >= 0.6 is 46.4 Å². The topological polar surface area (TPSA) is 59.1 Å². The van der Waals surface area contributed by atoms with Crippen molar-refractivity contribution in [3.63, 3.8) is 0 Å². The van der Waals surface area contributed by atoms with Crippen LogP contribution in [-0.2, 0) is 9.59 Å². The number of piperazine rings is 1. The molecule has 1 heterocycles. The molecule has 36 heavy (non-hydrogen) atoms. The molecule has 0 aliphatic carbocycles. The summed E-state index contributed by atoms with van der Waals surface area (Å²) in [4.78, 5) is 29.4. The first-order valence-corrected chi connectivity index (χ1v) is 13.4.